The minimum atomic E-state index is -0.420. The molecule has 1 aromatic rings. The molecule has 0 aromatic carbocycles. The van der Waals surface area contributed by atoms with Crippen molar-refractivity contribution >= 4 is 17.7 Å². The predicted octanol–water partition coefficient (Wildman–Crippen LogP) is 3.02. The number of nitrogens with zero attached hydrogens (tertiary/aromatic N) is 2. The zero-order valence-electron chi connectivity index (χ0n) is 16.7. The Morgan fingerprint density at radius 3 is 2.56 bits per heavy atom. The van der Waals surface area contributed by atoms with E-state index in [1.807, 2.05) is 0 Å². The van der Waals surface area contributed by atoms with E-state index in [2.05, 4.69) is 36.1 Å². The number of rotatable bonds is 6. The van der Waals surface area contributed by atoms with Crippen molar-refractivity contribution in [3.05, 3.63) is 11.8 Å². The molecule has 4 saturated carbocycles. The lowest BCUT2D eigenvalue weighted by Crippen LogP contribution is -2.50. The molecular formula is C20H30N4O3. The first-order valence-corrected chi connectivity index (χ1v) is 9.89. The van der Waals surface area contributed by atoms with E-state index in [0.29, 0.717) is 18.0 Å². The first-order valence-electron chi connectivity index (χ1n) is 9.89. The molecule has 4 aliphatic carbocycles. The number of anilines is 2. The van der Waals surface area contributed by atoms with Crippen molar-refractivity contribution in [2.24, 2.45) is 17.3 Å². The summed E-state index contributed by atoms with van der Waals surface area (Å²) in [4.78, 5) is 20.7. The van der Waals surface area contributed by atoms with Gasteiger partial charge >= 0.3 is 5.97 Å². The van der Waals surface area contributed by atoms with E-state index in [1.54, 1.807) is 6.92 Å². The Balaban J connectivity index is 1.64. The van der Waals surface area contributed by atoms with E-state index in [0.717, 1.165) is 31.3 Å². The van der Waals surface area contributed by atoms with Gasteiger partial charge in [0.1, 0.15) is 11.4 Å². The van der Waals surface area contributed by atoms with Gasteiger partial charge in [0.2, 0.25) is 5.95 Å². The molecular weight excluding hydrogens is 344 g/mol. The smallest absolute Gasteiger partial charge is 0.343 e. The molecule has 0 spiro atoms. The third-order valence-electron chi connectivity index (χ3n) is 6.65. The van der Waals surface area contributed by atoms with Gasteiger partial charge in [-0.05, 0) is 65.2 Å². The third kappa shape index (κ3) is 2.96. The fourth-order valence-corrected chi connectivity index (χ4v) is 5.62. The van der Waals surface area contributed by atoms with Crippen LogP contribution >= 0.6 is 0 Å². The summed E-state index contributed by atoms with van der Waals surface area (Å²) in [6.45, 7) is 9.11. The van der Waals surface area contributed by atoms with Crippen molar-refractivity contribution in [3.63, 3.8) is 0 Å². The van der Waals surface area contributed by atoms with E-state index < -0.39 is 5.97 Å². The van der Waals surface area contributed by atoms with Gasteiger partial charge in [0, 0.05) is 17.2 Å². The summed E-state index contributed by atoms with van der Waals surface area (Å²) in [6, 6.07) is 0. The van der Waals surface area contributed by atoms with Crippen molar-refractivity contribution in [1.82, 2.24) is 9.97 Å². The quantitative estimate of drug-likeness (QED) is 0.738. The molecule has 148 valence electrons. The molecule has 0 radical (unpaired) electrons. The Hall–Kier alpha value is -1.89. The van der Waals surface area contributed by atoms with Crippen LogP contribution in [0.1, 0.15) is 63.7 Å². The second-order valence-corrected chi connectivity index (χ2v) is 9.44. The van der Waals surface area contributed by atoms with Crippen LogP contribution in [0.5, 0.6) is 0 Å². The normalized spacial score (nSPS) is 33.6. The van der Waals surface area contributed by atoms with Gasteiger partial charge in [-0.3, -0.25) is 0 Å². The van der Waals surface area contributed by atoms with Crippen LogP contribution in [0.25, 0.3) is 0 Å². The summed E-state index contributed by atoms with van der Waals surface area (Å²) in [7, 11) is 0. The molecule has 0 amide bonds. The van der Waals surface area contributed by atoms with Crippen LogP contribution in [0.15, 0.2) is 6.20 Å². The van der Waals surface area contributed by atoms with Crippen LogP contribution in [-0.2, 0) is 9.47 Å². The second-order valence-electron chi connectivity index (χ2n) is 9.44. The zero-order valence-corrected chi connectivity index (χ0v) is 16.7. The minimum Gasteiger partial charge on any atom is -0.462 e. The summed E-state index contributed by atoms with van der Waals surface area (Å²) in [6.07, 6.45) is 6.00. The maximum Gasteiger partial charge on any atom is 0.343 e. The van der Waals surface area contributed by atoms with Gasteiger partial charge in [0.15, 0.2) is 0 Å². The molecule has 27 heavy (non-hydrogen) atoms. The molecule has 7 heteroatoms. The predicted molar refractivity (Wildman–Crippen MR) is 102 cm³/mol. The SMILES string of the molecule is CCOC(=O)c1cnc(N)nc1NC12CC3CC1(COC(C)(C)C)C[C@H]3C2. The molecule has 1 aromatic heterocycles. The topological polar surface area (TPSA) is 99.4 Å². The molecule has 3 N–H and O–H groups in total. The highest BCUT2D eigenvalue weighted by Gasteiger charge is 2.72. The van der Waals surface area contributed by atoms with Crippen LogP contribution in [-0.4, -0.2) is 40.3 Å². The molecule has 0 aliphatic heterocycles. The van der Waals surface area contributed by atoms with Crippen LogP contribution in [0.4, 0.5) is 11.8 Å². The number of hydrogen-bond acceptors (Lipinski definition) is 7. The highest BCUT2D eigenvalue weighted by atomic mass is 16.5. The Morgan fingerprint density at radius 2 is 1.96 bits per heavy atom. The van der Waals surface area contributed by atoms with Gasteiger partial charge in [0.05, 0.1) is 18.8 Å². The number of nitrogens with one attached hydrogen (secondary N) is 1. The summed E-state index contributed by atoms with van der Waals surface area (Å²) in [5.41, 5.74) is 5.99. The fraction of sp³-hybridized carbons (Fsp3) is 0.750. The van der Waals surface area contributed by atoms with Crippen molar-refractivity contribution in [2.75, 3.05) is 24.3 Å². The van der Waals surface area contributed by atoms with E-state index in [9.17, 15) is 4.79 Å². The van der Waals surface area contributed by atoms with E-state index in [-0.39, 0.29) is 22.5 Å². The van der Waals surface area contributed by atoms with Crippen molar-refractivity contribution in [1.29, 1.82) is 0 Å². The molecule has 4 fully saturated rings. The number of ether oxygens (including phenoxy) is 2. The molecule has 1 heterocycles. The van der Waals surface area contributed by atoms with Crippen LogP contribution < -0.4 is 11.1 Å². The highest BCUT2D eigenvalue weighted by Crippen LogP contribution is 2.72. The average Bonchev–Trinajstić information content (AvgIpc) is 3.23. The number of nitrogen functional groups attached to an aromatic ring is 1. The van der Waals surface area contributed by atoms with Crippen LogP contribution in [0.3, 0.4) is 0 Å². The number of esters is 1. The Bertz CT molecular complexity index is 744. The van der Waals surface area contributed by atoms with Crippen molar-refractivity contribution in [3.8, 4) is 0 Å². The summed E-state index contributed by atoms with van der Waals surface area (Å²) >= 11 is 0. The van der Waals surface area contributed by atoms with E-state index >= 15 is 0 Å². The number of aromatic nitrogens is 2. The van der Waals surface area contributed by atoms with Gasteiger partial charge < -0.3 is 20.5 Å². The number of hydrogen-bond donors (Lipinski definition) is 2. The van der Waals surface area contributed by atoms with Crippen LogP contribution in [0, 0.1) is 17.3 Å². The Kier molecular flexibility index (Phi) is 4.14. The summed E-state index contributed by atoms with van der Waals surface area (Å²) in [5, 5.41) is 3.65. The maximum atomic E-state index is 12.4. The lowest BCUT2D eigenvalue weighted by molar-refractivity contribution is -0.0588. The molecule has 4 atom stereocenters. The number of carbonyl (C=O) groups is 1. The first-order chi connectivity index (χ1) is 12.7. The lowest BCUT2D eigenvalue weighted by Gasteiger charge is -2.43. The summed E-state index contributed by atoms with van der Waals surface area (Å²) < 4.78 is 11.4. The molecule has 7 nitrogen and oxygen atoms in total. The van der Waals surface area contributed by atoms with Crippen molar-refractivity contribution in [2.45, 2.75) is 64.5 Å². The maximum absolute atomic E-state index is 12.4. The lowest BCUT2D eigenvalue weighted by atomic mass is 9.75. The molecule has 4 aliphatic rings. The second kappa shape index (κ2) is 6.06. The highest BCUT2D eigenvalue weighted by molar-refractivity contribution is 5.94. The Morgan fingerprint density at radius 1 is 1.30 bits per heavy atom. The van der Waals surface area contributed by atoms with Crippen LogP contribution in [0.2, 0.25) is 0 Å². The summed E-state index contributed by atoms with van der Waals surface area (Å²) in [5.74, 6) is 1.68. The largest absolute Gasteiger partial charge is 0.462 e. The van der Waals surface area contributed by atoms with Gasteiger partial charge in [-0.1, -0.05) is 0 Å². The van der Waals surface area contributed by atoms with Gasteiger partial charge in [-0.2, -0.15) is 4.98 Å². The Labute approximate surface area is 160 Å². The average molecular weight is 374 g/mol. The van der Waals surface area contributed by atoms with E-state index in [1.165, 1.54) is 19.0 Å². The molecule has 3 unspecified atom stereocenters. The first kappa shape index (κ1) is 18.5. The third-order valence-corrected chi connectivity index (χ3v) is 6.65. The molecule has 4 bridgehead atoms. The monoisotopic (exact) mass is 374 g/mol. The van der Waals surface area contributed by atoms with E-state index in [4.69, 9.17) is 15.2 Å². The number of nitrogens with two attached hydrogens (primary N) is 1. The van der Waals surface area contributed by atoms with Crippen molar-refractivity contribution < 1.29 is 14.3 Å². The van der Waals surface area contributed by atoms with Gasteiger partial charge in [0.25, 0.3) is 0 Å². The standard InChI is InChI=1S/C20H30N4O3/c1-5-26-16(25)14-10-22-17(21)23-15(14)24-20-8-12-6-19(20,7-13(12)9-20)11-27-18(2,3)4/h10,12-13H,5-9,11H2,1-4H3,(H3,21,22,23,24)/t12-,13?,19?,20?/m0/s1. The van der Waals surface area contributed by atoms with Gasteiger partial charge in [-0.25, -0.2) is 9.78 Å². The fourth-order valence-electron chi connectivity index (χ4n) is 5.62. The molecule has 5 rings (SSSR count). The minimum absolute atomic E-state index is 0.0846. The van der Waals surface area contributed by atoms with Gasteiger partial charge in [-0.15, -0.1) is 0 Å². The molecule has 0 saturated heterocycles. The zero-order chi connectivity index (χ0) is 19.4. The number of carbonyl (C=O) groups excluding carboxylic acids is 1.